The van der Waals surface area contributed by atoms with Crippen molar-refractivity contribution in [3.8, 4) is 5.75 Å². The molecule has 0 saturated carbocycles. The van der Waals surface area contributed by atoms with Crippen LogP contribution in [0, 0.1) is 5.82 Å². The largest absolute Gasteiger partial charge is 0.489 e. The van der Waals surface area contributed by atoms with Crippen molar-refractivity contribution in [2.24, 2.45) is 0 Å². The Bertz CT molecular complexity index is 991. The quantitative estimate of drug-likeness (QED) is 0.477. The lowest BCUT2D eigenvalue weighted by molar-refractivity contribution is 0.306. The van der Waals surface area contributed by atoms with Crippen LogP contribution in [0.3, 0.4) is 0 Å². The second-order valence-electron chi connectivity index (χ2n) is 6.07. The zero-order chi connectivity index (χ0) is 17.1. The van der Waals surface area contributed by atoms with Crippen LogP contribution in [0.2, 0.25) is 0 Å². The maximum atomic E-state index is 13.4. The van der Waals surface area contributed by atoms with Crippen molar-refractivity contribution in [1.29, 1.82) is 0 Å². The average molecular weight is 331 g/mol. The first-order valence-electron chi connectivity index (χ1n) is 8.28. The van der Waals surface area contributed by atoms with E-state index in [1.165, 1.54) is 6.07 Å². The predicted octanol–water partition coefficient (Wildman–Crippen LogP) is 5.41. The normalized spacial score (nSPS) is 10.9. The highest BCUT2D eigenvalue weighted by atomic mass is 19.1. The summed E-state index contributed by atoms with van der Waals surface area (Å²) in [5, 5.41) is 1.11. The van der Waals surface area contributed by atoms with Crippen LogP contribution in [0.4, 0.5) is 4.39 Å². The van der Waals surface area contributed by atoms with E-state index in [-0.39, 0.29) is 5.82 Å². The summed E-state index contributed by atoms with van der Waals surface area (Å²) in [6, 6.07) is 25.0. The Balaban J connectivity index is 1.52. The van der Waals surface area contributed by atoms with Crippen molar-refractivity contribution in [3.63, 3.8) is 0 Å². The lowest BCUT2D eigenvalue weighted by atomic mass is 10.2. The van der Waals surface area contributed by atoms with Gasteiger partial charge in [-0.3, -0.25) is 0 Å². The number of hydrogen-bond donors (Lipinski definition) is 0. The Morgan fingerprint density at radius 2 is 1.64 bits per heavy atom. The molecule has 0 fully saturated rings. The van der Waals surface area contributed by atoms with Crippen molar-refractivity contribution in [3.05, 3.63) is 102 Å². The number of aromatic nitrogens is 1. The van der Waals surface area contributed by atoms with Crippen LogP contribution in [0.1, 0.15) is 11.1 Å². The number of nitrogens with zero attached hydrogens (tertiary/aromatic N) is 1. The summed E-state index contributed by atoms with van der Waals surface area (Å²) in [7, 11) is 0. The fourth-order valence-electron chi connectivity index (χ4n) is 2.98. The fraction of sp³-hybridized carbons (Fsp3) is 0.0909. The number of fused-ring (bicyclic) bond motifs is 1. The molecule has 3 aromatic carbocycles. The van der Waals surface area contributed by atoms with Crippen molar-refractivity contribution in [2.75, 3.05) is 0 Å². The molecule has 124 valence electrons. The third-order valence-corrected chi connectivity index (χ3v) is 4.23. The zero-order valence-electron chi connectivity index (χ0n) is 13.7. The fourth-order valence-corrected chi connectivity index (χ4v) is 2.98. The van der Waals surface area contributed by atoms with Gasteiger partial charge in [0, 0.05) is 23.6 Å². The number of rotatable bonds is 5. The van der Waals surface area contributed by atoms with Gasteiger partial charge in [0.2, 0.25) is 0 Å². The SMILES string of the molecule is Fc1cccc(Cn2ccc3cc(OCc4ccccc4)ccc32)c1. The van der Waals surface area contributed by atoms with Gasteiger partial charge in [-0.25, -0.2) is 4.39 Å². The van der Waals surface area contributed by atoms with E-state index in [1.807, 2.05) is 54.7 Å². The molecule has 0 bridgehead atoms. The summed E-state index contributed by atoms with van der Waals surface area (Å²) in [6.45, 7) is 1.20. The molecule has 0 unspecified atom stereocenters. The molecule has 0 aliphatic heterocycles. The van der Waals surface area contributed by atoms with E-state index in [1.54, 1.807) is 12.1 Å². The molecule has 3 heteroatoms. The third kappa shape index (κ3) is 3.56. The van der Waals surface area contributed by atoms with Crippen LogP contribution in [-0.2, 0) is 13.2 Å². The highest BCUT2D eigenvalue weighted by molar-refractivity contribution is 5.81. The van der Waals surface area contributed by atoms with E-state index >= 15 is 0 Å². The summed E-state index contributed by atoms with van der Waals surface area (Å²) in [6.07, 6.45) is 2.02. The number of halogens is 1. The molecular weight excluding hydrogens is 313 g/mol. The summed E-state index contributed by atoms with van der Waals surface area (Å²) in [4.78, 5) is 0. The molecule has 4 rings (SSSR count). The van der Waals surface area contributed by atoms with Crippen LogP contribution in [-0.4, -0.2) is 4.57 Å². The molecule has 0 amide bonds. The summed E-state index contributed by atoms with van der Waals surface area (Å²) in [5.41, 5.74) is 3.20. The van der Waals surface area contributed by atoms with Crippen LogP contribution in [0.15, 0.2) is 85.1 Å². The summed E-state index contributed by atoms with van der Waals surface area (Å²) in [5.74, 6) is 0.644. The highest BCUT2D eigenvalue weighted by Gasteiger charge is 2.05. The highest BCUT2D eigenvalue weighted by Crippen LogP contribution is 2.23. The average Bonchev–Trinajstić information content (AvgIpc) is 3.03. The Kier molecular flexibility index (Phi) is 4.21. The standard InChI is InChI=1S/C22H18FNO/c23-20-8-4-7-18(13-20)15-24-12-11-19-14-21(9-10-22(19)24)25-16-17-5-2-1-3-6-17/h1-14H,15-16H2. The van der Waals surface area contributed by atoms with Gasteiger partial charge >= 0.3 is 0 Å². The lowest BCUT2D eigenvalue weighted by Crippen LogP contribution is -1.98. The summed E-state index contributed by atoms with van der Waals surface area (Å²) < 4.78 is 21.4. The predicted molar refractivity (Wildman–Crippen MR) is 98.2 cm³/mol. The van der Waals surface area contributed by atoms with Gasteiger partial charge in [0.25, 0.3) is 0 Å². The van der Waals surface area contributed by atoms with E-state index in [0.717, 1.165) is 27.8 Å². The molecule has 1 aromatic heterocycles. The second kappa shape index (κ2) is 6.81. The van der Waals surface area contributed by atoms with Crippen LogP contribution < -0.4 is 4.74 Å². The molecular formula is C22H18FNO. The van der Waals surface area contributed by atoms with Crippen LogP contribution >= 0.6 is 0 Å². The molecule has 1 heterocycles. The Morgan fingerprint density at radius 3 is 2.48 bits per heavy atom. The maximum Gasteiger partial charge on any atom is 0.123 e. The molecule has 2 nitrogen and oxygen atoms in total. The smallest absolute Gasteiger partial charge is 0.123 e. The monoisotopic (exact) mass is 331 g/mol. The minimum atomic E-state index is -0.203. The molecule has 0 aliphatic carbocycles. The first kappa shape index (κ1) is 15.5. The van der Waals surface area contributed by atoms with E-state index < -0.39 is 0 Å². The van der Waals surface area contributed by atoms with Gasteiger partial charge in [0.15, 0.2) is 0 Å². The van der Waals surface area contributed by atoms with E-state index in [4.69, 9.17) is 4.74 Å². The van der Waals surface area contributed by atoms with Gasteiger partial charge in [-0.15, -0.1) is 0 Å². The van der Waals surface area contributed by atoms with Crippen molar-refractivity contribution in [1.82, 2.24) is 4.57 Å². The molecule has 0 radical (unpaired) electrons. The van der Waals surface area contributed by atoms with Gasteiger partial charge in [0.1, 0.15) is 18.2 Å². The van der Waals surface area contributed by atoms with E-state index in [9.17, 15) is 4.39 Å². The van der Waals surface area contributed by atoms with Gasteiger partial charge in [-0.05, 0) is 47.5 Å². The summed E-state index contributed by atoms with van der Waals surface area (Å²) >= 11 is 0. The number of ether oxygens (including phenoxy) is 1. The Labute approximate surface area is 146 Å². The third-order valence-electron chi connectivity index (χ3n) is 4.23. The zero-order valence-corrected chi connectivity index (χ0v) is 13.7. The molecule has 0 atom stereocenters. The minimum absolute atomic E-state index is 0.203. The topological polar surface area (TPSA) is 14.2 Å². The molecule has 25 heavy (non-hydrogen) atoms. The lowest BCUT2D eigenvalue weighted by Gasteiger charge is -2.08. The molecule has 0 spiro atoms. The van der Waals surface area contributed by atoms with Gasteiger partial charge in [-0.2, -0.15) is 0 Å². The van der Waals surface area contributed by atoms with Crippen molar-refractivity contribution < 1.29 is 9.13 Å². The Hall–Kier alpha value is -3.07. The van der Waals surface area contributed by atoms with Crippen LogP contribution in [0.25, 0.3) is 10.9 Å². The van der Waals surface area contributed by atoms with Gasteiger partial charge in [-0.1, -0.05) is 42.5 Å². The van der Waals surface area contributed by atoms with E-state index in [0.29, 0.717) is 13.2 Å². The minimum Gasteiger partial charge on any atom is -0.489 e. The van der Waals surface area contributed by atoms with Gasteiger partial charge < -0.3 is 9.30 Å². The number of benzene rings is 3. The second-order valence-corrected chi connectivity index (χ2v) is 6.07. The maximum absolute atomic E-state index is 13.4. The van der Waals surface area contributed by atoms with E-state index in [2.05, 4.69) is 16.7 Å². The van der Waals surface area contributed by atoms with Crippen molar-refractivity contribution in [2.45, 2.75) is 13.2 Å². The Morgan fingerprint density at radius 1 is 0.800 bits per heavy atom. The molecule has 0 saturated heterocycles. The van der Waals surface area contributed by atoms with Crippen LogP contribution in [0.5, 0.6) is 5.75 Å². The van der Waals surface area contributed by atoms with Gasteiger partial charge in [0.05, 0.1) is 0 Å². The van der Waals surface area contributed by atoms with Crippen molar-refractivity contribution >= 4 is 10.9 Å². The number of hydrogen-bond acceptors (Lipinski definition) is 1. The molecule has 4 aromatic rings. The first-order chi connectivity index (χ1) is 12.3. The first-order valence-corrected chi connectivity index (χ1v) is 8.28. The molecule has 0 N–H and O–H groups in total. The molecule has 0 aliphatic rings.